The van der Waals surface area contributed by atoms with Crippen molar-refractivity contribution in [3.63, 3.8) is 0 Å². The number of fused-ring (bicyclic) bond motifs is 3. The molecule has 2 aliphatic rings. The van der Waals surface area contributed by atoms with Gasteiger partial charge in [-0.05, 0) is 30.9 Å². The van der Waals surface area contributed by atoms with Crippen molar-refractivity contribution in [2.75, 3.05) is 13.6 Å². The van der Waals surface area contributed by atoms with Crippen LogP contribution in [0.4, 0.5) is 0 Å². The van der Waals surface area contributed by atoms with Crippen LogP contribution in [0.3, 0.4) is 0 Å². The van der Waals surface area contributed by atoms with E-state index in [1.165, 1.54) is 4.31 Å². The molecule has 1 aliphatic carbocycles. The molecule has 1 aromatic heterocycles. The largest absolute Gasteiger partial charge is 0.337 e. The first-order chi connectivity index (χ1) is 12.8. The normalized spacial score (nSPS) is 18.7. The molecule has 2 heterocycles. The third-order valence-corrected chi connectivity index (χ3v) is 6.98. The molecule has 0 unspecified atom stereocenters. The number of nitrogens with zero attached hydrogens (tertiary/aromatic N) is 4. The maximum Gasteiger partial charge on any atom is 0.274 e. The number of carbonyl (C=O) groups is 1. The van der Waals surface area contributed by atoms with E-state index in [2.05, 4.69) is 4.98 Å². The lowest BCUT2D eigenvalue weighted by Gasteiger charge is -2.22. The molecule has 0 spiro atoms. The second-order valence-electron chi connectivity index (χ2n) is 7.72. The van der Waals surface area contributed by atoms with Gasteiger partial charge in [0.15, 0.2) is 5.69 Å². The molecule has 2 aromatic rings. The minimum absolute atomic E-state index is 0.134. The molecule has 144 valence electrons. The first kappa shape index (κ1) is 18.2. The second kappa shape index (κ2) is 6.45. The number of imidazole rings is 1. The Hall–Kier alpha value is -2.19. The highest BCUT2D eigenvalue weighted by Crippen LogP contribution is 2.33. The van der Waals surface area contributed by atoms with Crippen molar-refractivity contribution >= 4 is 15.9 Å². The quantitative estimate of drug-likeness (QED) is 0.805. The summed E-state index contributed by atoms with van der Waals surface area (Å²) < 4.78 is 29.7. The van der Waals surface area contributed by atoms with Crippen LogP contribution in [0.15, 0.2) is 35.5 Å². The maximum absolute atomic E-state index is 13.3. The van der Waals surface area contributed by atoms with Gasteiger partial charge in [-0.3, -0.25) is 9.36 Å². The molecule has 1 aromatic carbocycles. The molecule has 1 amide bonds. The van der Waals surface area contributed by atoms with Crippen LogP contribution in [-0.2, 0) is 16.6 Å². The third kappa shape index (κ3) is 3.06. The van der Waals surface area contributed by atoms with Gasteiger partial charge in [0.25, 0.3) is 5.91 Å². The molecule has 1 aliphatic heterocycles. The van der Waals surface area contributed by atoms with Crippen LogP contribution < -0.4 is 0 Å². The van der Waals surface area contributed by atoms with Crippen molar-refractivity contribution in [1.29, 1.82) is 0 Å². The number of benzene rings is 1. The van der Waals surface area contributed by atoms with E-state index in [-0.39, 0.29) is 29.3 Å². The van der Waals surface area contributed by atoms with Gasteiger partial charge < -0.3 is 4.90 Å². The van der Waals surface area contributed by atoms with Crippen LogP contribution in [0.5, 0.6) is 0 Å². The standard InChI is InChI=1S/C19H24N4O3S/c1-13(2)10-22-11-16-18(19(24)21(3)14-8-9-14)20-12-23(16)15-6-4-5-7-17(15)27(22,25)26/h4-7,12-14H,8-11H2,1-3H3. The zero-order chi connectivity index (χ0) is 19.3. The number of amides is 1. The fraction of sp³-hybridized carbons (Fsp3) is 0.474. The molecule has 1 fully saturated rings. The van der Waals surface area contributed by atoms with Crippen molar-refractivity contribution < 1.29 is 13.2 Å². The molecule has 7 nitrogen and oxygen atoms in total. The van der Waals surface area contributed by atoms with E-state index in [1.54, 1.807) is 47.1 Å². The van der Waals surface area contributed by atoms with E-state index in [4.69, 9.17) is 0 Å². The highest BCUT2D eigenvalue weighted by atomic mass is 32.2. The van der Waals surface area contributed by atoms with Gasteiger partial charge >= 0.3 is 0 Å². The van der Waals surface area contributed by atoms with Gasteiger partial charge in [-0.1, -0.05) is 26.0 Å². The fourth-order valence-corrected chi connectivity index (χ4v) is 5.29. The number of hydrogen-bond acceptors (Lipinski definition) is 4. The predicted molar refractivity (Wildman–Crippen MR) is 101 cm³/mol. The number of aromatic nitrogens is 2. The average molecular weight is 388 g/mol. The van der Waals surface area contributed by atoms with Crippen LogP contribution in [0, 0.1) is 5.92 Å². The van der Waals surface area contributed by atoms with Crippen LogP contribution >= 0.6 is 0 Å². The summed E-state index contributed by atoms with van der Waals surface area (Å²) in [5.41, 5.74) is 1.51. The highest BCUT2D eigenvalue weighted by Gasteiger charge is 2.37. The first-order valence-corrected chi connectivity index (χ1v) is 10.7. The van der Waals surface area contributed by atoms with Crippen molar-refractivity contribution in [2.24, 2.45) is 5.92 Å². The fourth-order valence-electron chi connectivity index (χ4n) is 3.54. The van der Waals surface area contributed by atoms with Gasteiger partial charge in [0.05, 0.1) is 17.9 Å². The van der Waals surface area contributed by atoms with Crippen molar-refractivity contribution in [1.82, 2.24) is 18.8 Å². The predicted octanol–water partition coefficient (Wildman–Crippen LogP) is 2.27. The number of rotatable bonds is 4. The zero-order valence-electron chi connectivity index (χ0n) is 15.8. The molecule has 8 heteroatoms. The van der Waals surface area contributed by atoms with Crippen molar-refractivity contribution in [3.05, 3.63) is 42.0 Å². The Morgan fingerprint density at radius 2 is 2.00 bits per heavy atom. The number of carbonyl (C=O) groups excluding carboxylic acids is 1. The van der Waals surface area contributed by atoms with Crippen molar-refractivity contribution in [3.8, 4) is 5.69 Å². The Morgan fingerprint density at radius 1 is 1.30 bits per heavy atom. The minimum Gasteiger partial charge on any atom is -0.337 e. The van der Waals surface area contributed by atoms with Crippen LogP contribution in [0.25, 0.3) is 5.69 Å². The summed E-state index contributed by atoms with van der Waals surface area (Å²) in [5.74, 6) is 0.0159. The number of para-hydroxylation sites is 1. The van der Waals surface area contributed by atoms with Crippen LogP contribution in [0.2, 0.25) is 0 Å². The van der Waals surface area contributed by atoms with Crippen molar-refractivity contribution in [2.45, 2.75) is 44.2 Å². The Balaban J connectivity index is 1.87. The van der Waals surface area contributed by atoms with E-state index in [0.717, 1.165) is 12.8 Å². The zero-order valence-corrected chi connectivity index (χ0v) is 16.6. The average Bonchev–Trinajstić information content (AvgIpc) is 3.40. The summed E-state index contributed by atoms with van der Waals surface area (Å²) >= 11 is 0. The van der Waals surface area contributed by atoms with E-state index >= 15 is 0 Å². The number of sulfonamides is 1. The molecule has 0 bridgehead atoms. The lowest BCUT2D eigenvalue weighted by Crippen LogP contribution is -2.34. The topological polar surface area (TPSA) is 75.5 Å². The summed E-state index contributed by atoms with van der Waals surface area (Å²) in [6.45, 7) is 4.48. The van der Waals surface area contributed by atoms with Gasteiger partial charge in [-0.2, -0.15) is 4.31 Å². The molecule has 0 radical (unpaired) electrons. The smallest absolute Gasteiger partial charge is 0.274 e. The monoisotopic (exact) mass is 388 g/mol. The summed E-state index contributed by atoms with van der Waals surface area (Å²) in [6.07, 6.45) is 3.58. The lowest BCUT2D eigenvalue weighted by molar-refractivity contribution is 0.0778. The van der Waals surface area contributed by atoms with Crippen LogP contribution in [0.1, 0.15) is 42.9 Å². The summed E-state index contributed by atoms with van der Waals surface area (Å²) in [6, 6.07) is 7.16. The Bertz CT molecular complexity index is 992. The maximum atomic E-state index is 13.3. The van der Waals surface area contributed by atoms with E-state index in [0.29, 0.717) is 23.6 Å². The highest BCUT2D eigenvalue weighted by molar-refractivity contribution is 7.89. The molecule has 27 heavy (non-hydrogen) atoms. The minimum atomic E-state index is -3.66. The van der Waals surface area contributed by atoms with Gasteiger partial charge in [0, 0.05) is 19.6 Å². The SMILES string of the molecule is CC(C)CN1Cc2c(C(=O)N(C)C3CC3)ncn2-c2ccccc2S1(=O)=O. The van der Waals surface area contributed by atoms with Gasteiger partial charge in [-0.25, -0.2) is 13.4 Å². The molecule has 0 N–H and O–H groups in total. The summed E-state index contributed by atoms with van der Waals surface area (Å²) in [4.78, 5) is 19.3. The van der Waals surface area contributed by atoms with Gasteiger partial charge in [-0.15, -0.1) is 0 Å². The van der Waals surface area contributed by atoms with E-state index in [9.17, 15) is 13.2 Å². The number of hydrogen-bond donors (Lipinski definition) is 0. The Kier molecular flexibility index (Phi) is 4.35. The summed E-state index contributed by atoms with van der Waals surface area (Å²) in [5, 5.41) is 0. The molecule has 1 saturated carbocycles. The van der Waals surface area contributed by atoms with E-state index < -0.39 is 10.0 Å². The third-order valence-electron chi connectivity index (χ3n) is 5.12. The first-order valence-electron chi connectivity index (χ1n) is 9.23. The van der Waals surface area contributed by atoms with E-state index in [1.807, 2.05) is 13.8 Å². The van der Waals surface area contributed by atoms with Gasteiger partial charge in [0.2, 0.25) is 10.0 Å². The second-order valence-corrected chi connectivity index (χ2v) is 9.62. The van der Waals surface area contributed by atoms with Gasteiger partial charge in [0.1, 0.15) is 11.2 Å². The molecule has 0 atom stereocenters. The Labute approximate surface area is 159 Å². The lowest BCUT2D eigenvalue weighted by atomic mass is 10.2. The molecule has 4 rings (SSSR count). The van der Waals surface area contributed by atoms with Crippen LogP contribution in [-0.4, -0.2) is 52.7 Å². The Morgan fingerprint density at radius 3 is 2.67 bits per heavy atom. The molecule has 0 saturated heterocycles. The molecular weight excluding hydrogens is 364 g/mol. The summed E-state index contributed by atoms with van der Waals surface area (Å²) in [7, 11) is -1.87. The molecular formula is C19H24N4O3S.